The number of primary amides is 1. The van der Waals surface area contributed by atoms with Crippen LogP contribution in [0.3, 0.4) is 0 Å². The number of nitrogens with one attached hydrogen (secondary N) is 3. The standard InChI is InChI=1S/C21H39N5O6/c1-8-12(4)16(19(30)26-21(5,6)20(31)32-7)25-18(29)14(9-11(2)3)24-17(28)13(22)10-15(23)27/h11-14,16H,8-10,22H2,1-7H3,(H2,23,27)(H,24,28)(H,25,29)(H,26,30)/t12-,13-,14-,16-/m0/s1. The number of nitrogens with two attached hydrogens (primary N) is 2. The second kappa shape index (κ2) is 13.0. The van der Waals surface area contributed by atoms with Gasteiger partial charge in [0.2, 0.25) is 23.6 Å². The zero-order valence-corrected chi connectivity index (χ0v) is 20.1. The Bertz CT molecular complexity index is 694. The van der Waals surface area contributed by atoms with Crippen molar-refractivity contribution >= 4 is 29.6 Å². The Kier molecular flexibility index (Phi) is 11.9. The fourth-order valence-electron chi connectivity index (χ4n) is 2.94. The normalized spacial score (nSPS) is 15.2. The first-order valence-electron chi connectivity index (χ1n) is 10.7. The van der Waals surface area contributed by atoms with Crippen molar-refractivity contribution in [1.82, 2.24) is 16.0 Å². The molecule has 7 N–H and O–H groups in total. The van der Waals surface area contributed by atoms with Crippen molar-refractivity contribution in [2.45, 2.75) is 84.5 Å². The Morgan fingerprint density at radius 3 is 1.97 bits per heavy atom. The highest BCUT2D eigenvalue weighted by Gasteiger charge is 2.36. The first kappa shape index (κ1) is 29.3. The molecule has 4 amide bonds. The Morgan fingerprint density at radius 1 is 0.969 bits per heavy atom. The summed E-state index contributed by atoms with van der Waals surface area (Å²) >= 11 is 0. The predicted molar refractivity (Wildman–Crippen MR) is 119 cm³/mol. The number of hydrogen-bond acceptors (Lipinski definition) is 7. The van der Waals surface area contributed by atoms with Gasteiger partial charge in [0.1, 0.15) is 17.6 Å². The highest BCUT2D eigenvalue weighted by atomic mass is 16.5. The van der Waals surface area contributed by atoms with E-state index in [0.29, 0.717) is 6.42 Å². The maximum absolute atomic E-state index is 13.0. The summed E-state index contributed by atoms with van der Waals surface area (Å²) in [4.78, 5) is 61.2. The fourth-order valence-corrected chi connectivity index (χ4v) is 2.94. The molecule has 0 spiro atoms. The molecule has 0 unspecified atom stereocenters. The molecule has 4 atom stereocenters. The van der Waals surface area contributed by atoms with Crippen LogP contribution in [0.2, 0.25) is 0 Å². The van der Waals surface area contributed by atoms with Gasteiger partial charge in [-0.1, -0.05) is 34.1 Å². The van der Waals surface area contributed by atoms with Crippen LogP contribution in [0.15, 0.2) is 0 Å². The van der Waals surface area contributed by atoms with Crippen LogP contribution in [0, 0.1) is 11.8 Å². The summed E-state index contributed by atoms with van der Waals surface area (Å²) in [7, 11) is 1.21. The van der Waals surface area contributed by atoms with Crippen molar-refractivity contribution in [3.8, 4) is 0 Å². The Labute approximate surface area is 189 Å². The molecule has 0 aromatic heterocycles. The number of hydrogen-bond donors (Lipinski definition) is 5. The number of methoxy groups -OCH3 is 1. The number of rotatable bonds is 13. The summed E-state index contributed by atoms with van der Waals surface area (Å²) in [6.45, 7) is 10.4. The quantitative estimate of drug-likeness (QED) is 0.227. The summed E-state index contributed by atoms with van der Waals surface area (Å²) in [5.74, 6) is -3.42. The Hall–Kier alpha value is -2.69. The average molecular weight is 458 g/mol. The van der Waals surface area contributed by atoms with Crippen molar-refractivity contribution in [2.24, 2.45) is 23.3 Å². The molecule has 11 nitrogen and oxygen atoms in total. The maximum atomic E-state index is 13.0. The molecule has 11 heteroatoms. The van der Waals surface area contributed by atoms with Gasteiger partial charge in [-0.3, -0.25) is 19.2 Å². The highest BCUT2D eigenvalue weighted by molar-refractivity contribution is 5.95. The molecule has 0 heterocycles. The van der Waals surface area contributed by atoms with Crippen LogP contribution in [0.1, 0.15) is 60.8 Å². The van der Waals surface area contributed by atoms with Crippen LogP contribution in [0.25, 0.3) is 0 Å². The van der Waals surface area contributed by atoms with Crippen molar-refractivity contribution in [3.05, 3.63) is 0 Å². The van der Waals surface area contributed by atoms with Crippen LogP contribution in [0.5, 0.6) is 0 Å². The summed E-state index contributed by atoms with van der Waals surface area (Å²) < 4.78 is 4.71. The highest BCUT2D eigenvalue weighted by Crippen LogP contribution is 2.13. The molecular formula is C21H39N5O6. The second-order valence-electron chi connectivity index (χ2n) is 8.95. The van der Waals surface area contributed by atoms with Crippen molar-refractivity contribution in [1.29, 1.82) is 0 Å². The minimum Gasteiger partial charge on any atom is -0.467 e. The van der Waals surface area contributed by atoms with E-state index >= 15 is 0 Å². The van der Waals surface area contributed by atoms with Gasteiger partial charge >= 0.3 is 5.97 Å². The van der Waals surface area contributed by atoms with E-state index < -0.39 is 53.3 Å². The fraction of sp³-hybridized carbons (Fsp3) is 0.762. The van der Waals surface area contributed by atoms with Crippen molar-refractivity contribution < 1.29 is 28.7 Å². The number of amides is 4. The van der Waals surface area contributed by atoms with Gasteiger partial charge in [0.25, 0.3) is 0 Å². The lowest BCUT2D eigenvalue weighted by molar-refractivity contribution is -0.150. The molecule has 0 saturated heterocycles. The molecule has 0 aromatic rings. The topological polar surface area (TPSA) is 183 Å². The number of esters is 1. The summed E-state index contributed by atoms with van der Waals surface area (Å²) in [5.41, 5.74) is 9.46. The van der Waals surface area contributed by atoms with E-state index in [-0.39, 0.29) is 24.7 Å². The van der Waals surface area contributed by atoms with Gasteiger partial charge < -0.3 is 32.2 Å². The summed E-state index contributed by atoms with van der Waals surface area (Å²) in [5, 5.41) is 7.83. The van der Waals surface area contributed by atoms with Gasteiger partial charge in [0, 0.05) is 0 Å². The first-order valence-corrected chi connectivity index (χ1v) is 10.7. The molecule has 0 aromatic carbocycles. The first-order chi connectivity index (χ1) is 14.7. The van der Waals surface area contributed by atoms with Crippen LogP contribution >= 0.6 is 0 Å². The van der Waals surface area contributed by atoms with Crippen molar-refractivity contribution in [3.63, 3.8) is 0 Å². The third-order valence-corrected chi connectivity index (χ3v) is 5.02. The zero-order chi connectivity index (χ0) is 25.2. The van der Waals surface area contributed by atoms with E-state index in [1.165, 1.54) is 21.0 Å². The van der Waals surface area contributed by atoms with Crippen LogP contribution in [0.4, 0.5) is 0 Å². The second-order valence-corrected chi connectivity index (χ2v) is 8.95. The SMILES string of the molecule is CC[C@H](C)[C@H](NC(=O)[C@H](CC(C)C)NC(=O)[C@@H](N)CC(N)=O)C(=O)NC(C)(C)C(=O)OC. The summed E-state index contributed by atoms with van der Waals surface area (Å²) in [6, 6.07) is -3.12. The van der Waals surface area contributed by atoms with Crippen LogP contribution in [-0.2, 0) is 28.7 Å². The predicted octanol–water partition coefficient (Wildman–Crippen LogP) is -0.681. The smallest absolute Gasteiger partial charge is 0.330 e. The molecule has 32 heavy (non-hydrogen) atoms. The number of carbonyl (C=O) groups is 5. The molecular weight excluding hydrogens is 418 g/mol. The molecule has 0 aliphatic rings. The van der Waals surface area contributed by atoms with E-state index in [0.717, 1.165) is 0 Å². The van der Waals surface area contributed by atoms with E-state index in [2.05, 4.69) is 16.0 Å². The zero-order valence-electron chi connectivity index (χ0n) is 20.1. The molecule has 0 bridgehead atoms. The van der Waals surface area contributed by atoms with Crippen LogP contribution < -0.4 is 27.4 Å². The van der Waals surface area contributed by atoms with Gasteiger partial charge in [0.05, 0.1) is 19.6 Å². The van der Waals surface area contributed by atoms with Gasteiger partial charge in [-0.15, -0.1) is 0 Å². The lowest BCUT2D eigenvalue weighted by Gasteiger charge is -2.30. The minimum atomic E-state index is -1.30. The molecule has 0 rings (SSSR count). The molecule has 0 aliphatic heterocycles. The van der Waals surface area contributed by atoms with Gasteiger partial charge in [-0.05, 0) is 32.1 Å². The monoisotopic (exact) mass is 457 g/mol. The Balaban J connectivity index is 5.57. The largest absolute Gasteiger partial charge is 0.467 e. The number of carbonyl (C=O) groups excluding carboxylic acids is 5. The lowest BCUT2D eigenvalue weighted by Crippen LogP contribution is -2.61. The maximum Gasteiger partial charge on any atom is 0.330 e. The Morgan fingerprint density at radius 2 is 1.53 bits per heavy atom. The lowest BCUT2D eigenvalue weighted by atomic mass is 9.95. The molecule has 0 aliphatic carbocycles. The third-order valence-electron chi connectivity index (χ3n) is 5.02. The molecule has 0 radical (unpaired) electrons. The molecule has 184 valence electrons. The third kappa shape index (κ3) is 9.63. The van der Waals surface area contributed by atoms with Gasteiger partial charge in [0.15, 0.2) is 0 Å². The van der Waals surface area contributed by atoms with E-state index in [1.807, 2.05) is 20.8 Å². The van der Waals surface area contributed by atoms with Gasteiger partial charge in [-0.2, -0.15) is 0 Å². The van der Waals surface area contributed by atoms with Crippen LogP contribution in [-0.4, -0.2) is 60.4 Å². The molecule has 0 saturated carbocycles. The van der Waals surface area contributed by atoms with Gasteiger partial charge in [-0.25, -0.2) is 4.79 Å². The van der Waals surface area contributed by atoms with E-state index in [4.69, 9.17) is 16.2 Å². The summed E-state index contributed by atoms with van der Waals surface area (Å²) in [6.07, 6.45) is 0.493. The number of ether oxygens (including phenoxy) is 1. The van der Waals surface area contributed by atoms with E-state index in [1.54, 1.807) is 6.92 Å². The minimum absolute atomic E-state index is 0.0348. The van der Waals surface area contributed by atoms with Crippen molar-refractivity contribution in [2.75, 3.05) is 7.11 Å². The average Bonchev–Trinajstić information content (AvgIpc) is 2.68. The molecule has 0 fully saturated rings. The van der Waals surface area contributed by atoms with E-state index in [9.17, 15) is 24.0 Å².